The predicted octanol–water partition coefficient (Wildman–Crippen LogP) is 4.53. The number of ether oxygens (including phenoxy) is 1. The van der Waals surface area contributed by atoms with E-state index >= 15 is 0 Å². The zero-order valence-electron chi connectivity index (χ0n) is 12.9. The first kappa shape index (κ1) is 16.1. The van der Waals surface area contributed by atoms with E-state index in [1.165, 1.54) is 6.07 Å². The first-order valence-corrected chi connectivity index (χ1v) is 7.74. The summed E-state index contributed by atoms with van der Waals surface area (Å²) in [7, 11) is 0. The van der Waals surface area contributed by atoms with E-state index in [1.807, 2.05) is 30.3 Å². The highest BCUT2D eigenvalue weighted by Crippen LogP contribution is 2.17. The molecule has 2 N–H and O–H groups in total. The van der Waals surface area contributed by atoms with E-state index in [0.29, 0.717) is 18.8 Å². The molecule has 0 fully saturated rings. The van der Waals surface area contributed by atoms with E-state index in [2.05, 4.69) is 17.6 Å². The first-order valence-electron chi connectivity index (χ1n) is 7.74. The molecule has 4 heteroatoms. The van der Waals surface area contributed by atoms with Gasteiger partial charge < -0.3 is 15.4 Å². The molecule has 2 rings (SSSR count). The lowest BCUT2D eigenvalue weighted by Gasteiger charge is -2.11. The molecule has 0 saturated carbocycles. The molecule has 0 bridgehead atoms. The van der Waals surface area contributed by atoms with Gasteiger partial charge in [-0.1, -0.05) is 31.5 Å². The summed E-state index contributed by atoms with van der Waals surface area (Å²) in [5.41, 5.74) is 1.53. The number of halogens is 1. The Morgan fingerprint density at radius 1 is 1.00 bits per heavy atom. The Labute approximate surface area is 131 Å². The number of unbranched alkanes of at least 4 members (excludes halogenated alkanes) is 1. The monoisotopic (exact) mass is 302 g/mol. The van der Waals surface area contributed by atoms with Crippen LogP contribution in [-0.2, 0) is 0 Å². The largest absolute Gasteiger partial charge is 0.494 e. The third kappa shape index (κ3) is 5.28. The summed E-state index contributed by atoms with van der Waals surface area (Å²) in [5, 5.41) is 6.37. The van der Waals surface area contributed by atoms with Gasteiger partial charge in [0.25, 0.3) is 0 Å². The van der Waals surface area contributed by atoms with Crippen molar-refractivity contribution < 1.29 is 9.13 Å². The normalized spacial score (nSPS) is 10.3. The van der Waals surface area contributed by atoms with Crippen LogP contribution in [0.1, 0.15) is 19.8 Å². The van der Waals surface area contributed by atoms with Crippen LogP contribution >= 0.6 is 0 Å². The van der Waals surface area contributed by atoms with Gasteiger partial charge in [-0.25, -0.2) is 4.39 Å². The van der Waals surface area contributed by atoms with E-state index in [4.69, 9.17) is 4.74 Å². The van der Waals surface area contributed by atoms with Crippen molar-refractivity contribution in [3.63, 3.8) is 0 Å². The van der Waals surface area contributed by atoms with E-state index in [1.54, 1.807) is 12.1 Å². The molecule has 22 heavy (non-hydrogen) atoms. The summed E-state index contributed by atoms with van der Waals surface area (Å²) in [6, 6.07) is 14.6. The number of benzene rings is 2. The number of nitrogens with one attached hydrogen (secondary N) is 2. The van der Waals surface area contributed by atoms with Crippen molar-refractivity contribution in [3.05, 3.63) is 54.3 Å². The first-order chi connectivity index (χ1) is 10.8. The molecule has 0 amide bonds. The Morgan fingerprint density at radius 2 is 1.82 bits per heavy atom. The average Bonchev–Trinajstić information content (AvgIpc) is 2.54. The van der Waals surface area contributed by atoms with Crippen molar-refractivity contribution in [1.82, 2.24) is 0 Å². The molecule has 0 aromatic heterocycles. The number of anilines is 2. The SMILES string of the molecule is CCCCOc1cccc(NCCNc2ccccc2F)c1. The lowest BCUT2D eigenvalue weighted by Crippen LogP contribution is -2.14. The third-order valence-corrected chi connectivity index (χ3v) is 3.24. The van der Waals surface area contributed by atoms with Gasteiger partial charge in [-0.2, -0.15) is 0 Å². The van der Waals surface area contributed by atoms with Crippen molar-refractivity contribution >= 4 is 11.4 Å². The van der Waals surface area contributed by atoms with Crippen molar-refractivity contribution in [2.24, 2.45) is 0 Å². The quantitative estimate of drug-likeness (QED) is 0.668. The summed E-state index contributed by atoms with van der Waals surface area (Å²) >= 11 is 0. The molecule has 0 aliphatic heterocycles. The maximum Gasteiger partial charge on any atom is 0.146 e. The molecule has 0 saturated heterocycles. The minimum absolute atomic E-state index is 0.228. The lowest BCUT2D eigenvalue weighted by molar-refractivity contribution is 0.309. The van der Waals surface area contributed by atoms with Crippen LogP contribution in [0.25, 0.3) is 0 Å². The number of hydrogen-bond acceptors (Lipinski definition) is 3. The summed E-state index contributed by atoms with van der Waals surface area (Å²) in [6.07, 6.45) is 2.18. The van der Waals surface area contributed by atoms with E-state index in [0.717, 1.165) is 30.9 Å². The smallest absolute Gasteiger partial charge is 0.146 e. The van der Waals surface area contributed by atoms with Gasteiger partial charge in [-0.3, -0.25) is 0 Å². The van der Waals surface area contributed by atoms with Gasteiger partial charge in [0.1, 0.15) is 11.6 Å². The summed E-state index contributed by atoms with van der Waals surface area (Å²) in [6.45, 7) is 4.23. The zero-order chi connectivity index (χ0) is 15.6. The summed E-state index contributed by atoms with van der Waals surface area (Å²) in [5.74, 6) is 0.648. The van der Waals surface area contributed by atoms with Crippen LogP contribution in [0.3, 0.4) is 0 Å². The maximum absolute atomic E-state index is 13.4. The molecular formula is C18H23FN2O. The number of rotatable bonds is 9. The molecule has 0 aliphatic rings. The standard InChI is InChI=1S/C18H23FN2O/c1-2-3-13-22-16-8-6-7-15(14-16)20-11-12-21-18-10-5-4-9-17(18)19/h4-10,14,20-21H,2-3,11-13H2,1H3. The molecular weight excluding hydrogens is 279 g/mol. The summed E-state index contributed by atoms with van der Waals surface area (Å²) < 4.78 is 19.1. The Kier molecular flexibility index (Phi) is 6.55. The van der Waals surface area contributed by atoms with Gasteiger partial charge in [0.15, 0.2) is 0 Å². The van der Waals surface area contributed by atoms with Crippen LogP contribution in [0.2, 0.25) is 0 Å². The van der Waals surface area contributed by atoms with Crippen molar-refractivity contribution in [2.45, 2.75) is 19.8 Å². The molecule has 2 aromatic carbocycles. The van der Waals surface area contributed by atoms with Gasteiger partial charge in [0.05, 0.1) is 12.3 Å². The molecule has 0 radical (unpaired) electrons. The maximum atomic E-state index is 13.4. The molecule has 3 nitrogen and oxygen atoms in total. The minimum atomic E-state index is -0.228. The van der Waals surface area contributed by atoms with Gasteiger partial charge in [0.2, 0.25) is 0 Å². The van der Waals surface area contributed by atoms with Crippen molar-refractivity contribution in [2.75, 3.05) is 30.3 Å². The molecule has 2 aromatic rings. The van der Waals surface area contributed by atoms with Crippen LogP contribution in [0.15, 0.2) is 48.5 Å². The molecule has 118 valence electrons. The van der Waals surface area contributed by atoms with E-state index in [-0.39, 0.29) is 5.82 Å². The highest BCUT2D eigenvalue weighted by molar-refractivity contribution is 5.49. The average molecular weight is 302 g/mol. The fourth-order valence-corrected chi connectivity index (χ4v) is 2.04. The van der Waals surface area contributed by atoms with Gasteiger partial charge in [-0.05, 0) is 30.7 Å². The Bertz CT molecular complexity index is 575. The third-order valence-electron chi connectivity index (χ3n) is 3.24. The van der Waals surface area contributed by atoms with Gasteiger partial charge in [-0.15, -0.1) is 0 Å². The van der Waals surface area contributed by atoms with Crippen LogP contribution in [-0.4, -0.2) is 19.7 Å². The Balaban J connectivity index is 1.75. The van der Waals surface area contributed by atoms with E-state index in [9.17, 15) is 4.39 Å². The molecule has 0 heterocycles. The van der Waals surface area contributed by atoms with Crippen LogP contribution in [0.4, 0.5) is 15.8 Å². The number of hydrogen-bond donors (Lipinski definition) is 2. The van der Waals surface area contributed by atoms with Crippen LogP contribution < -0.4 is 15.4 Å². The second-order valence-corrected chi connectivity index (χ2v) is 5.06. The fraction of sp³-hybridized carbons (Fsp3) is 0.333. The predicted molar refractivity (Wildman–Crippen MR) is 90.2 cm³/mol. The van der Waals surface area contributed by atoms with Crippen LogP contribution in [0, 0.1) is 5.82 Å². The van der Waals surface area contributed by atoms with Crippen LogP contribution in [0.5, 0.6) is 5.75 Å². The highest BCUT2D eigenvalue weighted by atomic mass is 19.1. The second kappa shape index (κ2) is 8.93. The number of para-hydroxylation sites is 1. The summed E-state index contributed by atoms with van der Waals surface area (Å²) in [4.78, 5) is 0. The van der Waals surface area contributed by atoms with Gasteiger partial charge in [0, 0.05) is 24.8 Å². The molecule has 0 atom stereocenters. The topological polar surface area (TPSA) is 33.3 Å². The lowest BCUT2D eigenvalue weighted by atomic mass is 10.3. The Morgan fingerprint density at radius 3 is 2.64 bits per heavy atom. The van der Waals surface area contributed by atoms with Gasteiger partial charge >= 0.3 is 0 Å². The van der Waals surface area contributed by atoms with E-state index < -0.39 is 0 Å². The second-order valence-electron chi connectivity index (χ2n) is 5.06. The zero-order valence-corrected chi connectivity index (χ0v) is 12.9. The van der Waals surface area contributed by atoms with Crippen molar-refractivity contribution in [1.29, 1.82) is 0 Å². The van der Waals surface area contributed by atoms with Crippen molar-refractivity contribution in [3.8, 4) is 5.75 Å². The molecule has 0 aliphatic carbocycles. The molecule has 0 unspecified atom stereocenters. The Hall–Kier alpha value is -2.23. The minimum Gasteiger partial charge on any atom is -0.494 e. The fourth-order valence-electron chi connectivity index (χ4n) is 2.04. The molecule has 0 spiro atoms. The highest BCUT2D eigenvalue weighted by Gasteiger charge is 1.99.